The maximum absolute atomic E-state index is 12.4. The first-order chi connectivity index (χ1) is 11.6. The van der Waals surface area contributed by atoms with Gasteiger partial charge in [0, 0.05) is 27.5 Å². The van der Waals surface area contributed by atoms with E-state index in [1.54, 1.807) is 42.8 Å². The smallest absolute Gasteiger partial charge is 0.255 e. The number of aromatic nitrogens is 1. The maximum Gasteiger partial charge on any atom is 0.255 e. The zero-order valence-electron chi connectivity index (χ0n) is 12.4. The van der Waals surface area contributed by atoms with Crippen LogP contribution in [0.5, 0.6) is 0 Å². The molecule has 2 N–H and O–H groups in total. The maximum atomic E-state index is 12.4. The Hall–Kier alpha value is -2.50. The Kier molecular flexibility index (Phi) is 5.03. The summed E-state index contributed by atoms with van der Waals surface area (Å²) in [5.74, 6) is 1.07. The van der Waals surface area contributed by atoms with Crippen molar-refractivity contribution in [3.05, 3.63) is 76.3 Å². The summed E-state index contributed by atoms with van der Waals surface area (Å²) in [5.41, 5.74) is 0.988. The lowest BCUT2D eigenvalue weighted by molar-refractivity contribution is 0.102. The average molecular weight is 362 g/mol. The molecule has 2 aromatic heterocycles. The number of carbonyl (C=O) groups is 1. The number of hydrogen-bond donors (Lipinski definition) is 2. The molecule has 1 amide bonds. The summed E-state index contributed by atoms with van der Waals surface area (Å²) in [6, 6.07) is 11.8. The second-order valence-corrected chi connectivity index (χ2v) is 5.85. The lowest BCUT2D eigenvalue weighted by Crippen LogP contribution is -2.12. The highest BCUT2D eigenvalue weighted by molar-refractivity contribution is 6.35. The summed E-state index contributed by atoms with van der Waals surface area (Å²) in [6.07, 6.45) is 3.16. The third-order valence-electron chi connectivity index (χ3n) is 3.17. The Bertz CT molecular complexity index is 831. The van der Waals surface area contributed by atoms with E-state index in [-0.39, 0.29) is 5.91 Å². The molecule has 7 heteroatoms. The van der Waals surface area contributed by atoms with Crippen molar-refractivity contribution in [3.8, 4) is 0 Å². The minimum atomic E-state index is -0.281. The lowest BCUT2D eigenvalue weighted by atomic mass is 10.2. The number of amides is 1. The van der Waals surface area contributed by atoms with E-state index in [1.165, 1.54) is 0 Å². The highest BCUT2D eigenvalue weighted by Crippen LogP contribution is 2.23. The first-order valence-corrected chi connectivity index (χ1v) is 7.85. The van der Waals surface area contributed by atoms with Gasteiger partial charge in [-0.1, -0.05) is 23.2 Å². The van der Waals surface area contributed by atoms with Crippen molar-refractivity contribution in [2.75, 3.05) is 10.6 Å². The Morgan fingerprint density at radius 1 is 1.12 bits per heavy atom. The fraction of sp³-hybridized carbons (Fsp3) is 0.0588. The summed E-state index contributed by atoms with van der Waals surface area (Å²) in [6.45, 7) is 0.481. The van der Waals surface area contributed by atoms with E-state index in [1.807, 2.05) is 12.1 Å². The van der Waals surface area contributed by atoms with Crippen LogP contribution < -0.4 is 10.6 Å². The van der Waals surface area contributed by atoms with E-state index in [4.69, 9.17) is 27.6 Å². The molecule has 3 rings (SSSR count). The second-order valence-electron chi connectivity index (χ2n) is 4.97. The van der Waals surface area contributed by atoms with Gasteiger partial charge in [0.15, 0.2) is 0 Å². The molecular formula is C17H13Cl2N3O2. The van der Waals surface area contributed by atoms with Gasteiger partial charge in [0.1, 0.15) is 11.6 Å². The minimum Gasteiger partial charge on any atom is -0.467 e. The summed E-state index contributed by atoms with van der Waals surface area (Å²) in [4.78, 5) is 16.5. The molecule has 24 heavy (non-hydrogen) atoms. The van der Waals surface area contributed by atoms with Gasteiger partial charge >= 0.3 is 0 Å². The van der Waals surface area contributed by atoms with Crippen LogP contribution in [-0.4, -0.2) is 10.9 Å². The van der Waals surface area contributed by atoms with Crippen LogP contribution >= 0.6 is 23.2 Å². The van der Waals surface area contributed by atoms with Crippen LogP contribution in [0.25, 0.3) is 0 Å². The van der Waals surface area contributed by atoms with Crippen molar-refractivity contribution in [2.45, 2.75) is 6.54 Å². The topological polar surface area (TPSA) is 67.2 Å². The number of hydrogen-bond acceptors (Lipinski definition) is 4. The van der Waals surface area contributed by atoms with Gasteiger partial charge in [0.2, 0.25) is 0 Å². The third-order valence-corrected chi connectivity index (χ3v) is 3.60. The standard InChI is InChI=1S/C17H13Cl2N3O2/c18-12-7-13(19)9-14(8-12)22-17(23)11-3-4-20-16(6-11)21-10-15-2-1-5-24-15/h1-9H,10H2,(H,20,21)(H,22,23). The van der Waals surface area contributed by atoms with Crippen LogP contribution in [0.3, 0.4) is 0 Å². The molecule has 122 valence electrons. The molecule has 5 nitrogen and oxygen atoms in total. The Morgan fingerprint density at radius 3 is 2.62 bits per heavy atom. The van der Waals surface area contributed by atoms with Gasteiger partial charge in [-0.2, -0.15) is 0 Å². The predicted octanol–water partition coefficient (Wildman–Crippen LogP) is 4.85. The largest absolute Gasteiger partial charge is 0.467 e. The molecule has 1 aromatic carbocycles. The highest BCUT2D eigenvalue weighted by atomic mass is 35.5. The van der Waals surface area contributed by atoms with Crippen LogP contribution in [0.1, 0.15) is 16.1 Å². The molecule has 0 atom stereocenters. The molecule has 0 aliphatic rings. The van der Waals surface area contributed by atoms with E-state index in [9.17, 15) is 4.79 Å². The molecule has 0 spiro atoms. The van der Waals surface area contributed by atoms with Gasteiger partial charge in [0.05, 0.1) is 12.8 Å². The van der Waals surface area contributed by atoms with Crippen LogP contribution in [0.15, 0.2) is 59.3 Å². The molecule has 0 saturated heterocycles. The zero-order valence-corrected chi connectivity index (χ0v) is 13.9. The predicted molar refractivity (Wildman–Crippen MR) is 94.7 cm³/mol. The van der Waals surface area contributed by atoms with Crippen LogP contribution in [-0.2, 0) is 6.54 Å². The van der Waals surface area contributed by atoms with Gasteiger partial charge < -0.3 is 15.1 Å². The lowest BCUT2D eigenvalue weighted by Gasteiger charge is -2.08. The minimum absolute atomic E-state index is 0.281. The van der Waals surface area contributed by atoms with Gasteiger partial charge in [-0.3, -0.25) is 4.79 Å². The van der Waals surface area contributed by atoms with Gasteiger partial charge in [-0.15, -0.1) is 0 Å². The molecule has 0 unspecified atom stereocenters. The van der Waals surface area contributed by atoms with Crippen molar-refractivity contribution >= 4 is 40.6 Å². The Morgan fingerprint density at radius 2 is 1.92 bits per heavy atom. The first kappa shape index (κ1) is 16.4. The van der Waals surface area contributed by atoms with E-state index in [2.05, 4.69) is 15.6 Å². The number of anilines is 2. The number of pyridine rings is 1. The first-order valence-electron chi connectivity index (χ1n) is 7.10. The van der Waals surface area contributed by atoms with Gasteiger partial charge in [0.25, 0.3) is 5.91 Å². The molecule has 3 aromatic rings. The number of nitrogens with zero attached hydrogens (tertiary/aromatic N) is 1. The van der Waals surface area contributed by atoms with Crippen molar-refractivity contribution in [1.82, 2.24) is 4.98 Å². The van der Waals surface area contributed by atoms with Crippen molar-refractivity contribution in [3.63, 3.8) is 0 Å². The Labute approximate surface area is 148 Å². The summed E-state index contributed by atoms with van der Waals surface area (Å²) in [5, 5.41) is 6.76. The summed E-state index contributed by atoms with van der Waals surface area (Å²) < 4.78 is 5.24. The second kappa shape index (κ2) is 7.38. The molecule has 0 aliphatic carbocycles. The van der Waals surface area contributed by atoms with Crippen LogP contribution in [0.4, 0.5) is 11.5 Å². The van der Waals surface area contributed by atoms with E-state index < -0.39 is 0 Å². The monoisotopic (exact) mass is 361 g/mol. The zero-order chi connectivity index (χ0) is 16.9. The fourth-order valence-corrected chi connectivity index (χ4v) is 2.61. The number of furan rings is 1. The van der Waals surface area contributed by atoms with Crippen molar-refractivity contribution in [1.29, 1.82) is 0 Å². The summed E-state index contributed by atoms with van der Waals surface area (Å²) >= 11 is 11.9. The highest BCUT2D eigenvalue weighted by Gasteiger charge is 2.09. The SMILES string of the molecule is O=C(Nc1cc(Cl)cc(Cl)c1)c1ccnc(NCc2ccco2)c1. The molecule has 0 bridgehead atoms. The number of halogens is 2. The average Bonchev–Trinajstić information content (AvgIpc) is 3.05. The number of benzene rings is 1. The molecule has 0 saturated carbocycles. The molecule has 0 radical (unpaired) electrons. The normalized spacial score (nSPS) is 10.4. The van der Waals surface area contributed by atoms with Crippen LogP contribution in [0, 0.1) is 0 Å². The van der Waals surface area contributed by atoms with Crippen LogP contribution in [0.2, 0.25) is 10.0 Å². The van der Waals surface area contributed by atoms with Crippen molar-refractivity contribution in [2.24, 2.45) is 0 Å². The Balaban J connectivity index is 1.69. The van der Waals surface area contributed by atoms with Gasteiger partial charge in [-0.05, 0) is 42.5 Å². The van der Waals surface area contributed by atoms with Gasteiger partial charge in [-0.25, -0.2) is 4.98 Å². The molecule has 0 aliphatic heterocycles. The fourth-order valence-electron chi connectivity index (χ4n) is 2.09. The molecule has 2 heterocycles. The number of rotatable bonds is 5. The quantitative estimate of drug-likeness (QED) is 0.681. The van der Waals surface area contributed by atoms with E-state index >= 15 is 0 Å². The molecule has 0 fully saturated rings. The van der Waals surface area contributed by atoms with E-state index in [0.717, 1.165) is 5.76 Å². The third kappa shape index (κ3) is 4.28. The number of carbonyl (C=O) groups excluding carboxylic acids is 1. The van der Waals surface area contributed by atoms with Crippen molar-refractivity contribution < 1.29 is 9.21 Å². The van der Waals surface area contributed by atoms with E-state index in [0.29, 0.717) is 33.7 Å². The summed E-state index contributed by atoms with van der Waals surface area (Å²) in [7, 11) is 0. The molecular weight excluding hydrogens is 349 g/mol. The number of nitrogens with one attached hydrogen (secondary N) is 2.